The Labute approximate surface area is 231 Å². The van der Waals surface area contributed by atoms with E-state index < -0.39 is 23.6 Å². The zero-order chi connectivity index (χ0) is 27.8. The zero-order valence-electron chi connectivity index (χ0n) is 23.4. The Bertz CT molecular complexity index is 1190. The van der Waals surface area contributed by atoms with Crippen molar-refractivity contribution in [3.05, 3.63) is 82.9 Å². The molecule has 0 nitrogen and oxygen atoms in total. The van der Waals surface area contributed by atoms with Crippen molar-refractivity contribution in [1.29, 1.82) is 0 Å². The SMILES string of the molecule is CCCCCc1ccc(-c2ccc(-c3ccc(CCC4CCC(CCC)CC4)c(F)c3C(F)F)cc2F)cc1. The Balaban J connectivity index is 1.49. The maximum atomic E-state index is 15.4. The first-order valence-electron chi connectivity index (χ1n) is 14.9. The molecule has 0 spiro atoms. The van der Waals surface area contributed by atoms with Crippen molar-refractivity contribution < 1.29 is 17.6 Å². The van der Waals surface area contributed by atoms with Crippen LogP contribution in [0.1, 0.15) is 101 Å². The van der Waals surface area contributed by atoms with Gasteiger partial charge in [-0.15, -0.1) is 0 Å². The number of benzene rings is 3. The maximum Gasteiger partial charge on any atom is 0.267 e. The number of aryl methyl sites for hydroxylation is 2. The van der Waals surface area contributed by atoms with Gasteiger partial charge in [-0.25, -0.2) is 17.6 Å². The lowest BCUT2D eigenvalue weighted by atomic mass is 9.78. The van der Waals surface area contributed by atoms with E-state index in [-0.39, 0.29) is 11.1 Å². The van der Waals surface area contributed by atoms with E-state index in [1.807, 2.05) is 24.3 Å². The fourth-order valence-corrected chi connectivity index (χ4v) is 6.22. The topological polar surface area (TPSA) is 0 Å². The molecule has 0 bridgehead atoms. The molecule has 3 aromatic rings. The van der Waals surface area contributed by atoms with Crippen LogP contribution in [0.3, 0.4) is 0 Å². The van der Waals surface area contributed by atoms with Crippen LogP contribution in [0.15, 0.2) is 54.6 Å². The molecule has 0 radical (unpaired) electrons. The maximum absolute atomic E-state index is 15.4. The average molecular weight is 539 g/mol. The fourth-order valence-electron chi connectivity index (χ4n) is 6.22. The summed E-state index contributed by atoms with van der Waals surface area (Å²) in [5.41, 5.74) is 2.39. The fraction of sp³-hybridized carbons (Fsp3) is 0.486. The average Bonchev–Trinajstić information content (AvgIpc) is 2.93. The number of halogens is 4. The van der Waals surface area contributed by atoms with Crippen LogP contribution in [0, 0.1) is 23.5 Å². The Morgan fingerprint density at radius 1 is 0.692 bits per heavy atom. The summed E-state index contributed by atoms with van der Waals surface area (Å²) >= 11 is 0. The van der Waals surface area contributed by atoms with Crippen LogP contribution in [0.4, 0.5) is 17.6 Å². The lowest BCUT2D eigenvalue weighted by Gasteiger charge is -2.28. The summed E-state index contributed by atoms with van der Waals surface area (Å²) in [5.74, 6) is -0.0199. The summed E-state index contributed by atoms with van der Waals surface area (Å²) in [5, 5.41) is 0. The number of alkyl halides is 2. The summed E-state index contributed by atoms with van der Waals surface area (Å²) in [6.07, 6.45) is 9.94. The third-order valence-corrected chi connectivity index (χ3v) is 8.58. The first kappa shape index (κ1) is 29.4. The second-order valence-corrected chi connectivity index (χ2v) is 11.4. The van der Waals surface area contributed by atoms with Crippen molar-refractivity contribution >= 4 is 0 Å². The molecule has 4 rings (SSSR count). The van der Waals surface area contributed by atoms with E-state index in [1.165, 1.54) is 49.8 Å². The van der Waals surface area contributed by atoms with Gasteiger partial charge in [0.25, 0.3) is 6.43 Å². The number of hydrogen-bond acceptors (Lipinski definition) is 0. The van der Waals surface area contributed by atoms with Gasteiger partial charge in [0, 0.05) is 5.56 Å². The summed E-state index contributed by atoms with van der Waals surface area (Å²) in [7, 11) is 0. The monoisotopic (exact) mass is 538 g/mol. The van der Waals surface area contributed by atoms with Gasteiger partial charge in [0.15, 0.2) is 0 Å². The van der Waals surface area contributed by atoms with Crippen LogP contribution in [0.2, 0.25) is 0 Å². The highest BCUT2D eigenvalue weighted by atomic mass is 19.3. The van der Waals surface area contributed by atoms with E-state index in [1.54, 1.807) is 18.2 Å². The van der Waals surface area contributed by atoms with Crippen molar-refractivity contribution in [3.8, 4) is 22.3 Å². The molecule has 1 aliphatic carbocycles. The minimum atomic E-state index is -2.98. The van der Waals surface area contributed by atoms with Crippen LogP contribution in [-0.2, 0) is 12.8 Å². The normalized spacial score (nSPS) is 17.6. The second-order valence-electron chi connectivity index (χ2n) is 11.4. The second kappa shape index (κ2) is 14.1. The lowest BCUT2D eigenvalue weighted by molar-refractivity contribution is 0.146. The molecule has 210 valence electrons. The van der Waals surface area contributed by atoms with Crippen molar-refractivity contribution in [1.82, 2.24) is 0 Å². The molecule has 1 saturated carbocycles. The predicted octanol–water partition coefficient (Wildman–Crippen LogP) is 11.5. The van der Waals surface area contributed by atoms with Gasteiger partial charge in [-0.1, -0.05) is 114 Å². The number of rotatable bonds is 12. The highest BCUT2D eigenvalue weighted by Gasteiger charge is 2.25. The molecule has 0 aliphatic heterocycles. The third-order valence-electron chi connectivity index (χ3n) is 8.58. The van der Waals surface area contributed by atoms with Crippen molar-refractivity contribution in [2.75, 3.05) is 0 Å². The standard InChI is InChI=1S/C35H42F4/c1-3-5-6-8-25-13-16-27(17-14-25)30-21-20-29(23-32(30)36)31-22-19-28(34(37)33(31)35(38)39)18-15-26-11-9-24(7-4-2)10-12-26/h13-14,16-17,19-24,26,35H,3-12,15,18H2,1-2H3. The summed E-state index contributed by atoms with van der Waals surface area (Å²) < 4.78 is 58.9. The molecular formula is C35H42F4. The van der Waals surface area contributed by atoms with Gasteiger partial charge in [-0.3, -0.25) is 0 Å². The van der Waals surface area contributed by atoms with E-state index in [0.29, 0.717) is 23.5 Å². The van der Waals surface area contributed by atoms with Crippen LogP contribution >= 0.6 is 0 Å². The van der Waals surface area contributed by atoms with Gasteiger partial charge in [0.2, 0.25) is 0 Å². The summed E-state index contributed by atoms with van der Waals surface area (Å²) in [4.78, 5) is 0. The lowest BCUT2D eigenvalue weighted by Crippen LogP contribution is -2.15. The van der Waals surface area contributed by atoms with Crippen molar-refractivity contribution in [2.45, 2.75) is 97.3 Å². The molecule has 0 saturated heterocycles. The Hall–Kier alpha value is -2.62. The van der Waals surface area contributed by atoms with E-state index >= 15 is 8.78 Å². The van der Waals surface area contributed by atoms with E-state index in [9.17, 15) is 8.78 Å². The number of unbranched alkanes of at least 4 members (excludes halogenated alkanes) is 2. The Morgan fingerprint density at radius 3 is 1.95 bits per heavy atom. The van der Waals surface area contributed by atoms with E-state index in [0.717, 1.165) is 50.0 Å². The predicted molar refractivity (Wildman–Crippen MR) is 154 cm³/mol. The highest BCUT2D eigenvalue weighted by molar-refractivity contribution is 5.73. The minimum Gasteiger partial charge on any atom is -0.206 e. The molecule has 0 heterocycles. The quantitative estimate of drug-likeness (QED) is 0.159. The molecule has 4 heteroatoms. The zero-order valence-corrected chi connectivity index (χ0v) is 23.4. The van der Waals surface area contributed by atoms with Crippen LogP contribution in [-0.4, -0.2) is 0 Å². The molecule has 3 aromatic carbocycles. The Kier molecular flexibility index (Phi) is 10.6. The number of hydrogen-bond donors (Lipinski definition) is 0. The molecule has 1 aliphatic rings. The van der Waals surface area contributed by atoms with Crippen molar-refractivity contribution in [3.63, 3.8) is 0 Å². The van der Waals surface area contributed by atoms with Gasteiger partial charge in [0.1, 0.15) is 11.6 Å². The highest BCUT2D eigenvalue weighted by Crippen LogP contribution is 2.38. The molecule has 0 unspecified atom stereocenters. The summed E-state index contributed by atoms with van der Waals surface area (Å²) in [6.45, 7) is 4.39. The summed E-state index contributed by atoms with van der Waals surface area (Å²) in [6, 6.07) is 15.4. The van der Waals surface area contributed by atoms with Gasteiger partial charge in [0.05, 0.1) is 5.56 Å². The Morgan fingerprint density at radius 2 is 1.33 bits per heavy atom. The van der Waals surface area contributed by atoms with Gasteiger partial charge >= 0.3 is 0 Å². The van der Waals surface area contributed by atoms with Crippen molar-refractivity contribution in [2.24, 2.45) is 11.8 Å². The molecule has 0 atom stereocenters. The first-order chi connectivity index (χ1) is 18.9. The molecule has 39 heavy (non-hydrogen) atoms. The molecular weight excluding hydrogens is 496 g/mol. The van der Waals surface area contributed by atoms with E-state index in [2.05, 4.69) is 13.8 Å². The van der Waals surface area contributed by atoms with Crippen LogP contribution in [0.25, 0.3) is 22.3 Å². The molecule has 0 aromatic heterocycles. The molecule has 1 fully saturated rings. The van der Waals surface area contributed by atoms with Gasteiger partial charge in [-0.2, -0.15) is 0 Å². The first-order valence-corrected chi connectivity index (χ1v) is 14.9. The van der Waals surface area contributed by atoms with E-state index in [4.69, 9.17) is 0 Å². The molecule has 0 N–H and O–H groups in total. The van der Waals surface area contributed by atoms with Crippen LogP contribution in [0.5, 0.6) is 0 Å². The van der Waals surface area contributed by atoms with Gasteiger partial charge < -0.3 is 0 Å². The van der Waals surface area contributed by atoms with Crippen LogP contribution < -0.4 is 0 Å². The third kappa shape index (κ3) is 7.52. The van der Waals surface area contributed by atoms with Gasteiger partial charge in [-0.05, 0) is 71.4 Å². The minimum absolute atomic E-state index is 0.0584. The molecule has 0 amide bonds. The smallest absolute Gasteiger partial charge is 0.206 e. The largest absolute Gasteiger partial charge is 0.267 e.